The molecule has 0 spiro atoms. The second-order valence-electron chi connectivity index (χ2n) is 7.22. The number of nitrogens with one attached hydrogen (secondary N) is 1. The van der Waals surface area contributed by atoms with Gasteiger partial charge in [-0.25, -0.2) is 0 Å². The van der Waals surface area contributed by atoms with E-state index < -0.39 is 12.7 Å². The molecule has 1 unspecified atom stereocenters. The highest BCUT2D eigenvalue weighted by Gasteiger charge is 2.29. The zero-order valence-electron chi connectivity index (χ0n) is 17.7. The lowest BCUT2D eigenvalue weighted by Crippen LogP contribution is -2.54. The Bertz CT molecular complexity index is 968. The number of ether oxygens (including phenoxy) is 2. The lowest BCUT2D eigenvalue weighted by Gasteiger charge is -2.37. The Morgan fingerprint density at radius 2 is 1.75 bits per heavy atom. The molecular weight excluding hydrogens is 444 g/mol. The summed E-state index contributed by atoms with van der Waals surface area (Å²) in [4.78, 5) is 29.0. The number of amides is 2. The van der Waals surface area contributed by atoms with Gasteiger partial charge in [-0.3, -0.25) is 14.5 Å². The molecule has 2 aromatic rings. The van der Waals surface area contributed by atoms with Crippen LogP contribution < -0.4 is 14.8 Å². The number of piperazine rings is 1. The molecule has 32 heavy (non-hydrogen) atoms. The van der Waals surface area contributed by atoms with E-state index in [-0.39, 0.29) is 23.1 Å². The van der Waals surface area contributed by atoms with Gasteiger partial charge in [0.2, 0.25) is 5.91 Å². The molecule has 1 saturated heterocycles. The molecule has 1 aliphatic rings. The Morgan fingerprint density at radius 1 is 1.06 bits per heavy atom. The van der Waals surface area contributed by atoms with Crippen LogP contribution >= 0.6 is 11.6 Å². The van der Waals surface area contributed by atoms with E-state index in [2.05, 4.69) is 10.1 Å². The number of rotatable bonds is 7. The van der Waals surface area contributed by atoms with Gasteiger partial charge in [0.15, 0.2) is 0 Å². The first-order valence-electron chi connectivity index (χ1n) is 10.0. The minimum absolute atomic E-state index is 0.0865. The number of alkyl halides is 2. The number of benzene rings is 2. The number of hydrogen-bond donors (Lipinski definition) is 1. The highest BCUT2D eigenvalue weighted by Crippen LogP contribution is 2.27. The highest BCUT2D eigenvalue weighted by atomic mass is 35.5. The lowest BCUT2D eigenvalue weighted by atomic mass is 10.1. The molecule has 1 atom stereocenters. The van der Waals surface area contributed by atoms with E-state index in [1.54, 1.807) is 36.1 Å². The fourth-order valence-corrected chi connectivity index (χ4v) is 3.74. The predicted octanol–water partition coefficient (Wildman–Crippen LogP) is 3.74. The normalized spacial score (nSPS) is 15.4. The van der Waals surface area contributed by atoms with Crippen LogP contribution in [-0.2, 0) is 4.79 Å². The molecule has 1 N–H and O–H groups in total. The average molecular weight is 468 g/mol. The molecule has 0 radical (unpaired) electrons. The summed E-state index contributed by atoms with van der Waals surface area (Å²) in [5.74, 6) is -0.229. The molecule has 10 heteroatoms. The molecule has 1 fully saturated rings. The van der Waals surface area contributed by atoms with Crippen LogP contribution in [0.3, 0.4) is 0 Å². The molecule has 1 heterocycles. The first-order valence-corrected chi connectivity index (χ1v) is 10.4. The number of carbonyl (C=O) groups excluding carboxylic acids is 2. The molecule has 3 rings (SSSR count). The number of carbonyl (C=O) groups is 2. The standard InChI is InChI=1S/C22H24ClF2N3O4/c1-14(20(29)26-15-7-8-19(31-2)17(23)13-15)27-9-11-28(12-10-27)21(30)16-5-3-4-6-18(16)32-22(24)25/h3-8,13-14,22H,9-12H2,1-2H3,(H,26,29). The Balaban J connectivity index is 1.57. The molecule has 2 amide bonds. The monoisotopic (exact) mass is 467 g/mol. The first kappa shape index (κ1) is 23.7. The minimum Gasteiger partial charge on any atom is -0.495 e. The predicted molar refractivity (Wildman–Crippen MR) is 117 cm³/mol. The van der Waals surface area contributed by atoms with Crippen LogP contribution in [0.2, 0.25) is 5.02 Å². The van der Waals surface area contributed by atoms with Crippen molar-refractivity contribution < 1.29 is 27.8 Å². The van der Waals surface area contributed by atoms with Crippen LogP contribution in [0.25, 0.3) is 0 Å². The van der Waals surface area contributed by atoms with E-state index in [9.17, 15) is 18.4 Å². The summed E-state index contributed by atoms with van der Waals surface area (Å²) < 4.78 is 34.8. The zero-order chi connectivity index (χ0) is 23.3. The molecule has 0 saturated carbocycles. The molecule has 7 nitrogen and oxygen atoms in total. The molecular formula is C22H24ClF2N3O4. The van der Waals surface area contributed by atoms with Crippen molar-refractivity contribution in [1.82, 2.24) is 9.80 Å². The van der Waals surface area contributed by atoms with E-state index in [1.165, 1.54) is 25.3 Å². The van der Waals surface area contributed by atoms with Crippen LogP contribution in [0.1, 0.15) is 17.3 Å². The van der Waals surface area contributed by atoms with Crippen LogP contribution in [0.4, 0.5) is 14.5 Å². The minimum atomic E-state index is -3.01. The van der Waals surface area contributed by atoms with Gasteiger partial charge >= 0.3 is 6.61 Å². The van der Waals surface area contributed by atoms with Crippen molar-refractivity contribution in [2.24, 2.45) is 0 Å². The molecule has 2 aromatic carbocycles. The van der Waals surface area contributed by atoms with Crippen molar-refractivity contribution in [3.8, 4) is 11.5 Å². The fraction of sp³-hybridized carbons (Fsp3) is 0.364. The van der Waals surface area contributed by atoms with Crippen LogP contribution in [0.5, 0.6) is 11.5 Å². The lowest BCUT2D eigenvalue weighted by molar-refractivity contribution is -0.121. The van der Waals surface area contributed by atoms with E-state index in [4.69, 9.17) is 16.3 Å². The van der Waals surface area contributed by atoms with Crippen LogP contribution in [0.15, 0.2) is 42.5 Å². The second-order valence-corrected chi connectivity index (χ2v) is 7.62. The van der Waals surface area contributed by atoms with Crippen molar-refractivity contribution in [2.45, 2.75) is 19.6 Å². The Kier molecular flexibility index (Phi) is 7.87. The van der Waals surface area contributed by atoms with Crippen molar-refractivity contribution in [3.05, 3.63) is 53.1 Å². The molecule has 0 aromatic heterocycles. The van der Waals surface area contributed by atoms with E-state index in [0.717, 1.165) is 0 Å². The highest BCUT2D eigenvalue weighted by molar-refractivity contribution is 6.32. The summed E-state index contributed by atoms with van der Waals surface area (Å²) in [5, 5.41) is 3.22. The maximum atomic E-state index is 12.8. The van der Waals surface area contributed by atoms with Crippen molar-refractivity contribution in [1.29, 1.82) is 0 Å². The van der Waals surface area contributed by atoms with Gasteiger partial charge in [-0.1, -0.05) is 23.7 Å². The summed E-state index contributed by atoms with van der Waals surface area (Å²) in [6.45, 7) is 0.398. The first-order chi connectivity index (χ1) is 15.3. The Morgan fingerprint density at radius 3 is 2.38 bits per heavy atom. The van der Waals surface area contributed by atoms with Crippen LogP contribution in [-0.4, -0.2) is 67.6 Å². The van der Waals surface area contributed by atoms with E-state index >= 15 is 0 Å². The maximum absolute atomic E-state index is 12.8. The molecule has 0 bridgehead atoms. The van der Waals surface area contributed by atoms with E-state index in [1.807, 2.05) is 4.90 Å². The third kappa shape index (κ3) is 5.66. The number of nitrogens with zero attached hydrogens (tertiary/aromatic N) is 2. The third-order valence-corrected chi connectivity index (χ3v) is 5.58. The summed E-state index contributed by atoms with van der Waals surface area (Å²) >= 11 is 6.10. The summed E-state index contributed by atoms with van der Waals surface area (Å²) in [6, 6.07) is 10.5. The summed E-state index contributed by atoms with van der Waals surface area (Å²) in [6.07, 6.45) is 0. The van der Waals surface area contributed by atoms with Gasteiger partial charge in [0.1, 0.15) is 11.5 Å². The summed E-state index contributed by atoms with van der Waals surface area (Å²) in [7, 11) is 1.51. The summed E-state index contributed by atoms with van der Waals surface area (Å²) in [5.41, 5.74) is 0.639. The zero-order valence-corrected chi connectivity index (χ0v) is 18.4. The van der Waals surface area contributed by atoms with Crippen LogP contribution in [0, 0.1) is 0 Å². The molecule has 0 aliphatic carbocycles. The van der Waals surface area contributed by atoms with Crippen molar-refractivity contribution in [3.63, 3.8) is 0 Å². The van der Waals surface area contributed by atoms with Crippen molar-refractivity contribution in [2.75, 3.05) is 38.6 Å². The van der Waals surface area contributed by atoms with Gasteiger partial charge in [-0.15, -0.1) is 0 Å². The Hall–Kier alpha value is -2.91. The number of hydrogen-bond acceptors (Lipinski definition) is 5. The number of methoxy groups -OCH3 is 1. The maximum Gasteiger partial charge on any atom is 0.387 e. The smallest absolute Gasteiger partial charge is 0.387 e. The fourth-order valence-electron chi connectivity index (χ4n) is 3.48. The topological polar surface area (TPSA) is 71.1 Å². The number of para-hydroxylation sites is 1. The van der Waals surface area contributed by atoms with Crippen molar-refractivity contribution >= 4 is 29.1 Å². The third-order valence-electron chi connectivity index (χ3n) is 5.28. The van der Waals surface area contributed by atoms with Gasteiger partial charge in [0.05, 0.1) is 23.7 Å². The van der Waals surface area contributed by atoms with Gasteiger partial charge in [-0.05, 0) is 37.3 Å². The Labute approximate surface area is 189 Å². The quantitative estimate of drug-likeness (QED) is 0.671. The number of anilines is 1. The molecule has 172 valence electrons. The molecule has 1 aliphatic heterocycles. The van der Waals surface area contributed by atoms with E-state index in [0.29, 0.717) is 42.6 Å². The van der Waals surface area contributed by atoms with Gasteiger partial charge in [-0.2, -0.15) is 8.78 Å². The average Bonchev–Trinajstić information content (AvgIpc) is 2.78. The second kappa shape index (κ2) is 10.6. The van der Waals surface area contributed by atoms with Gasteiger partial charge in [0.25, 0.3) is 5.91 Å². The SMILES string of the molecule is COc1ccc(NC(=O)C(C)N2CCN(C(=O)c3ccccc3OC(F)F)CC2)cc1Cl. The van der Waals surface area contributed by atoms with Gasteiger partial charge < -0.3 is 19.7 Å². The number of halogens is 3. The largest absolute Gasteiger partial charge is 0.495 e. The van der Waals surface area contributed by atoms with Gasteiger partial charge in [0, 0.05) is 31.9 Å².